The van der Waals surface area contributed by atoms with Crippen LogP contribution in [0.15, 0.2) is 53.7 Å². The zero-order chi connectivity index (χ0) is 19.4. The second kappa shape index (κ2) is 7.92. The van der Waals surface area contributed by atoms with Crippen molar-refractivity contribution in [1.29, 1.82) is 0 Å². The lowest BCUT2D eigenvalue weighted by atomic mass is 9.87. The maximum atomic E-state index is 13.8. The van der Waals surface area contributed by atoms with Crippen molar-refractivity contribution < 1.29 is 9.18 Å². The Bertz CT molecular complexity index is 932. The highest BCUT2D eigenvalue weighted by Crippen LogP contribution is 2.24. The molecule has 0 spiro atoms. The van der Waals surface area contributed by atoms with E-state index in [9.17, 15) is 9.18 Å². The molecule has 0 aliphatic rings. The molecule has 3 aromatic rings. The highest BCUT2D eigenvalue weighted by atomic mass is 32.2. The number of anilines is 1. The molecule has 1 amide bonds. The number of carbonyl (C=O) groups excluding carboxylic acids is 1. The first-order chi connectivity index (χ1) is 12.8. The van der Waals surface area contributed by atoms with E-state index in [1.165, 1.54) is 23.4 Å². The molecule has 0 aliphatic heterocycles. The molecule has 0 fully saturated rings. The summed E-state index contributed by atoms with van der Waals surface area (Å²) in [6.07, 6.45) is 0. The number of thioether (sulfide) groups is 1. The molecule has 0 unspecified atom stereocenters. The number of nitrogens with zero attached hydrogens (tertiary/aromatic N) is 2. The second-order valence-corrected chi connectivity index (χ2v) is 8.05. The van der Waals surface area contributed by atoms with Crippen molar-refractivity contribution in [3.8, 4) is 11.4 Å². The van der Waals surface area contributed by atoms with Gasteiger partial charge in [0.05, 0.1) is 11.3 Å². The lowest BCUT2D eigenvalue weighted by molar-refractivity contribution is -0.113. The summed E-state index contributed by atoms with van der Waals surface area (Å²) in [7, 11) is 0. The second-order valence-electron chi connectivity index (χ2n) is 7.11. The van der Waals surface area contributed by atoms with E-state index in [2.05, 4.69) is 41.3 Å². The normalized spacial score (nSPS) is 11.4. The van der Waals surface area contributed by atoms with Crippen molar-refractivity contribution in [1.82, 2.24) is 15.2 Å². The van der Waals surface area contributed by atoms with Crippen molar-refractivity contribution >= 4 is 23.4 Å². The summed E-state index contributed by atoms with van der Waals surface area (Å²) >= 11 is 1.19. The van der Waals surface area contributed by atoms with Gasteiger partial charge in [0.2, 0.25) is 11.1 Å². The highest BCUT2D eigenvalue weighted by Gasteiger charge is 2.14. The summed E-state index contributed by atoms with van der Waals surface area (Å²) in [5, 5.41) is 9.98. The van der Waals surface area contributed by atoms with Gasteiger partial charge in [-0.1, -0.05) is 56.8 Å². The smallest absolute Gasteiger partial charge is 0.234 e. The number of amides is 1. The Morgan fingerprint density at radius 1 is 1.15 bits per heavy atom. The molecule has 2 aromatic carbocycles. The van der Waals surface area contributed by atoms with Gasteiger partial charge in [0.1, 0.15) is 5.82 Å². The average molecular weight is 384 g/mol. The molecule has 0 aliphatic carbocycles. The van der Waals surface area contributed by atoms with Crippen molar-refractivity contribution in [3.05, 3.63) is 59.9 Å². The topological polar surface area (TPSA) is 70.7 Å². The Morgan fingerprint density at radius 2 is 1.85 bits per heavy atom. The Morgan fingerprint density at radius 3 is 2.52 bits per heavy atom. The Hall–Kier alpha value is -2.67. The fourth-order valence-corrected chi connectivity index (χ4v) is 3.06. The number of H-pyrrole nitrogens is 1. The van der Waals surface area contributed by atoms with Crippen LogP contribution in [0.4, 0.5) is 10.1 Å². The van der Waals surface area contributed by atoms with Crippen LogP contribution in [-0.2, 0) is 10.2 Å². The summed E-state index contributed by atoms with van der Waals surface area (Å²) in [4.78, 5) is 16.4. The van der Waals surface area contributed by atoms with E-state index in [0.717, 1.165) is 5.69 Å². The van der Waals surface area contributed by atoms with Crippen LogP contribution < -0.4 is 5.32 Å². The van der Waals surface area contributed by atoms with Crippen molar-refractivity contribution in [2.75, 3.05) is 11.1 Å². The van der Waals surface area contributed by atoms with Crippen LogP contribution in [0.2, 0.25) is 0 Å². The van der Waals surface area contributed by atoms with Crippen LogP contribution >= 0.6 is 11.8 Å². The van der Waals surface area contributed by atoms with Gasteiger partial charge in [0.15, 0.2) is 5.82 Å². The van der Waals surface area contributed by atoms with E-state index in [-0.39, 0.29) is 22.9 Å². The number of hydrogen-bond donors (Lipinski definition) is 2. The maximum Gasteiger partial charge on any atom is 0.234 e. The van der Waals surface area contributed by atoms with Gasteiger partial charge in [0.25, 0.3) is 0 Å². The number of carbonyl (C=O) groups is 1. The van der Waals surface area contributed by atoms with Gasteiger partial charge in [-0.25, -0.2) is 9.37 Å². The minimum Gasteiger partial charge on any atom is -0.325 e. The minimum atomic E-state index is -0.373. The fourth-order valence-electron chi connectivity index (χ4n) is 2.47. The zero-order valence-corrected chi connectivity index (χ0v) is 16.2. The molecule has 5 nitrogen and oxygen atoms in total. The van der Waals surface area contributed by atoms with Gasteiger partial charge in [-0.3, -0.25) is 9.89 Å². The molecule has 27 heavy (non-hydrogen) atoms. The molecule has 140 valence electrons. The number of benzene rings is 2. The SMILES string of the molecule is CC(C)(C)c1ccc(NC(=O)CSc2n[nH]c(-c3ccccc3F)n2)cc1. The van der Waals surface area contributed by atoms with E-state index < -0.39 is 0 Å². The molecule has 0 bridgehead atoms. The molecule has 0 atom stereocenters. The predicted octanol–water partition coefficient (Wildman–Crippen LogP) is 4.64. The monoisotopic (exact) mass is 384 g/mol. The van der Waals surface area contributed by atoms with Gasteiger partial charge in [0, 0.05) is 5.69 Å². The lowest BCUT2D eigenvalue weighted by Crippen LogP contribution is -2.15. The van der Waals surface area contributed by atoms with Gasteiger partial charge in [-0.05, 0) is 35.2 Å². The molecule has 3 rings (SSSR count). The van der Waals surface area contributed by atoms with Crippen LogP contribution in [0.5, 0.6) is 0 Å². The Labute approximate surface area is 161 Å². The molecule has 2 N–H and O–H groups in total. The van der Waals surface area contributed by atoms with Crippen LogP contribution in [0, 0.1) is 5.82 Å². The highest BCUT2D eigenvalue weighted by molar-refractivity contribution is 7.99. The number of rotatable bonds is 5. The first kappa shape index (κ1) is 19.1. The van der Waals surface area contributed by atoms with E-state index in [4.69, 9.17) is 0 Å². The minimum absolute atomic E-state index is 0.0694. The quantitative estimate of drug-likeness (QED) is 0.629. The van der Waals surface area contributed by atoms with Crippen LogP contribution in [0.25, 0.3) is 11.4 Å². The average Bonchev–Trinajstić information content (AvgIpc) is 3.09. The summed E-state index contributed by atoms with van der Waals surface area (Å²) < 4.78 is 13.8. The van der Waals surface area contributed by atoms with Crippen LogP contribution in [0.1, 0.15) is 26.3 Å². The maximum absolute atomic E-state index is 13.8. The molecular weight excluding hydrogens is 363 g/mol. The molecule has 1 aromatic heterocycles. The summed E-state index contributed by atoms with van der Waals surface area (Å²) in [6, 6.07) is 14.1. The number of nitrogens with one attached hydrogen (secondary N) is 2. The predicted molar refractivity (Wildman–Crippen MR) is 106 cm³/mol. The third-order valence-electron chi connectivity index (χ3n) is 3.96. The van der Waals surface area contributed by atoms with E-state index in [1.807, 2.05) is 24.3 Å². The zero-order valence-electron chi connectivity index (χ0n) is 15.4. The van der Waals surface area contributed by atoms with Gasteiger partial charge >= 0.3 is 0 Å². The van der Waals surface area contributed by atoms with Crippen LogP contribution in [-0.4, -0.2) is 26.8 Å². The van der Waals surface area contributed by atoms with Crippen LogP contribution in [0.3, 0.4) is 0 Å². The number of aromatic nitrogens is 3. The molecule has 1 heterocycles. The summed E-state index contributed by atoms with van der Waals surface area (Å²) in [6.45, 7) is 6.43. The summed E-state index contributed by atoms with van der Waals surface area (Å²) in [5.74, 6) is -0.0218. The number of aromatic amines is 1. The molecule has 0 radical (unpaired) electrons. The largest absolute Gasteiger partial charge is 0.325 e. The van der Waals surface area contributed by atoms with Crippen molar-refractivity contribution in [3.63, 3.8) is 0 Å². The number of hydrogen-bond acceptors (Lipinski definition) is 4. The Kier molecular flexibility index (Phi) is 5.60. The third-order valence-corrected chi connectivity index (χ3v) is 4.81. The standard InChI is InChI=1S/C20H21FN4OS/c1-20(2,3)13-8-10-14(11-9-13)22-17(26)12-27-19-23-18(24-25-19)15-6-4-5-7-16(15)21/h4-11H,12H2,1-3H3,(H,22,26)(H,23,24,25). The molecular formula is C20H21FN4OS. The molecule has 0 saturated heterocycles. The van der Waals surface area contributed by atoms with Gasteiger partial charge in [-0.15, -0.1) is 5.10 Å². The van der Waals surface area contributed by atoms with Gasteiger partial charge in [-0.2, -0.15) is 0 Å². The third kappa shape index (κ3) is 4.95. The first-order valence-electron chi connectivity index (χ1n) is 8.53. The molecule has 0 saturated carbocycles. The summed E-state index contributed by atoms with van der Waals surface area (Å²) in [5.41, 5.74) is 2.37. The number of halogens is 1. The van der Waals surface area contributed by atoms with E-state index >= 15 is 0 Å². The van der Waals surface area contributed by atoms with Crippen molar-refractivity contribution in [2.45, 2.75) is 31.3 Å². The lowest BCUT2D eigenvalue weighted by Gasteiger charge is -2.19. The fraction of sp³-hybridized carbons (Fsp3) is 0.250. The van der Waals surface area contributed by atoms with Gasteiger partial charge < -0.3 is 5.32 Å². The van der Waals surface area contributed by atoms with Crippen molar-refractivity contribution in [2.24, 2.45) is 0 Å². The van der Waals surface area contributed by atoms with E-state index in [0.29, 0.717) is 16.5 Å². The van der Waals surface area contributed by atoms with E-state index in [1.54, 1.807) is 18.2 Å². The Balaban J connectivity index is 1.56. The first-order valence-corrected chi connectivity index (χ1v) is 9.52. The molecule has 7 heteroatoms.